The van der Waals surface area contributed by atoms with Crippen LogP contribution >= 0.6 is 11.3 Å². The fraction of sp³-hybridized carbons (Fsp3) is 0.692. The standard InChI is InChI=1S/C13H21N5OS/c14-8-4-6-18(7-5-8)12(19)10-11(15)17-13(20-10)16-9-2-1-3-9/h8-9H,1-7,14-15H2,(H,16,17). The maximum absolute atomic E-state index is 12.5. The van der Waals surface area contributed by atoms with Crippen LogP contribution < -0.4 is 16.8 Å². The minimum Gasteiger partial charge on any atom is -0.382 e. The van der Waals surface area contributed by atoms with E-state index in [1.807, 2.05) is 4.90 Å². The Morgan fingerprint density at radius 3 is 2.60 bits per heavy atom. The molecule has 0 atom stereocenters. The summed E-state index contributed by atoms with van der Waals surface area (Å²) in [5.74, 6) is 0.338. The largest absolute Gasteiger partial charge is 0.382 e. The van der Waals surface area contributed by atoms with E-state index in [9.17, 15) is 4.79 Å². The predicted molar refractivity (Wildman–Crippen MR) is 80.9 cm³/mol. The van der Waals surface area contributed by atoms with Crippen LogP contribution in [0.4, 0.5) is 10.9 Å². The molecule has 0 spiro atoms. The Morgan fingerprint density at radius 1 is 1.30 bits per heavy atom. The van der Waals surface area contributed by atoms with Gasteiger partial charge in [0, 0.05) is 25.2 Å². The van der Waals surface area contributed by atoms with Gasteiger partial charge in [-0.15, -0.1) is 0 Å². The van der Waals surface area contributed by atoms with Crippen LogP contribution in [0.25, 0.3) is 0 Å². The van der Waals surface area contributed by atoms with Gasteiger partial charge in [0.1, 0.15) is 10.7 Å². The summed E-state index contributed by atoms with van der Waals surface area (Å²) in [7, 11) is 0. The van der Waals surface area contributed by atoms with Crippen LogP contribution in [0.2, 0.25) is 0 Å². The average molecular weight is 295 g/mol. The van der Waals surface area contributed by atoms with Crippen molar-refractivity contribution in [3.63, 3.8) is 0 Å². The Bertz CT molecular complexity index is 491. The molecule has 6 nitrogen and oxygen atoms in total. The Morgan fingerprint density at radius 2 is 2.00 bits per heavy atom. The number of likely N-dealkylation sites (tertiary alicyclic amines) is 1. The van der Waals surface area contributed by atoms with Gasteiger partial charge in [-0.25, -0.2) is 4.98 Å². The molecule has 5 N–H and O–H groups in total. The molecular formula is C13H21N5OS. The first-order chi connectivity index (χ1) is 9.63. The van der Waals surface area contributed by atoms with E-state index in [0.29, 0.717) is 29.8 Å². The quantitative estimate of drug-likeness (QED) is 0.780. The zero-order valence-electron chi connectivity index (χ0n) is 11.5. The third-order valence-corrected chi connectivity index (χ3v) is 5.10. The van der Waals surface area contributed by atoms with Crippen molar-refractivity contribution in [2.75, 3.05) is 24.1 Å². The van der Waals surface area contributed by atoms with Gasteiger partial charge < -0.3 is 21.7 Å². The first-order valence-electron chi connectivity index (χ1n) is 7.21. The Hall–Kier alpha value is -1.34. The molecule has 0 bridgehead atoms. The number of carbonyl (C=O) groups excluding carboxylic acids is 1. The number of hydrogen-bond donors (Lipinski definition) is 3. The monoisotopic (exact) mass is 295 g/mol. The van der Waals surface area contributed by atoms with E-state index in [-0.39, 0.29) is 11.9 Å². The maximum Gasteiger partial charge on any atom is 0.267 e. The van der Waals surface area contributed by atoms with Gasteiger partial charge in [-0.3, -0.25) is 4.79 Å². The molecule has 0 aromatic carbocycles. The SMILES string of the molecule is Nc1nc(NC2CCC2)sc1C(=O)N1CCC(N)CC1. The Balaban J connectivity index is 1.67. The minimum atomic E-state index is -0.00596. The Labute approximate surface area is 122 Å². The molecule has 2 aliphatic rings. The average Bonchev–Trinajstić information content (AvgIpc) is 2.75. The van der Waals surface area contributed by atoms with Gasteiger partial charge in [0.2, 0.25) is 0 Å². The van der Waals surface area contributed by atoms with E-state index >= 15 is 0 Å². The molecule has 2 fully saturated rings. The molecular weight excluding hydrogens is 274 g/mol. The minimum absolute atomic E-state index is 0.00596. The van der Waals surface area contributed by atoms with Gasteiger partial charge in [0.05, 0.1) is 0 Å². The molecule has 0 unspecified atom stereocenters. The number of amides is 1. The summed E-state index contributed by atoms with van der Waals surface area (Å²) in [6.45, 7) is 1.42. The van der Waals surface area contributed by atoms with Crippen LogP contribution in [0.5, 0.6) is 0 Å². The smallest absolute Gasteiger partial charge is 0.267 e. The van der Waals surface area contributed by atoms with Gasteiger partial charge >= 0.3 is 0 Å². The van der Waals surface area contributed by atoms with Crippen LogP contribution in [0.3, 0.4) is 0 Å². The maximum atomic E-state index is 12.5. The van der Waals surface area contributed by atoms with Crippen LogP contribution in [0, 0.1) is 0 Å². The van der Waals surface area contributed by atoms with E-state index < -0.39 is 0 Å². The highest BCUT2D eigenvalue weighted by Gasteiger charge is 2.26. The van der Waals surface area contributed by atoms with Crippen molar-refractivity contribution in [1.29, 1.82) is 0 Å². The number of hydrogen-bond acceptors (Lipinski definition) is 6. The van der Waals surface area contributed by atoms with Crippen molar-refractivity contribution in [3.05, 3.63) is 4.88 Å². The highest BCUT2D eigenvalue weighted by Crippen LogP contribution is 2.30. The highest BCUT2D eigenvalue weighted by molar-refractivity contribution is 7.18. The second-order valence-corrected chi connectivity index (χ2v) is 6.63. The van der Waals surface area contributed by atoms with Gasteiger partial charge in [-0.1, -0.05) is 11.3 Å². The third-order valence-electron chi connectivity index (χ3n) is 4.11. The second-order valence-electron chi connectivity index (χ2n) is 5.64. The number of rotatable bonds is 3. The molecule has 0 radical (unpaired) electrons. The van der Waals surface area contributed by atoms with Gasteiger partial charge in [0.15, 0.2) is 5.13 Å². The zero-order valence-corrected chi connectivity index (χ0v) is 12.3. The fourth-order valence-electron chi connectivity index (χ4n) is 2.52. The van der Waals surface area contributed by atoms with Gasteiger partial charge in [-0.2, -0.15) is 0 Å². The van der Waals surface area contributed by atoms with Crippen LogP contribution in [0.1, 0.15) is 41.8 Å². The first kappa shape index (κ1) is 13.6. The molecule has 1 aliphatic carbocycles. The van der Waals surface area contributed by atoms with E-state index in [0.717, 1.165) is 18.0 Å². The number of nitrogen functional groups attached to an aromatic ring is 1. The summed E-state index contributed by atoms with van der Waals surface area (Å²) in [6, 6.07) is 0.713. The molecule has 1 aromatic rings. The second kappa shape index (κ2) is 5.57. The van der Waals surface area contributed by atoms with Gasteiger partial charge in [0.25, 0.3) is 5.91 Å². The summed E-state index contributed by atoms with van der Waals surface area (Å²) < 4.78 is 0. The molecule has 1 aliphatic heterocycles. The van der Waals surface area contributed by atoms with Crippen molar-refractivity contribution in [2.24, 2.45) is 5.73 Å². The van der Waals surface area contributed by atoms with Crippen molar-refractivity contribution in [3.8, 4) is 0 Å². The summed E-state index contributed by atoms with van der Waals surface area (Å²) in [5, 5.41) is 4.11. The first-order valence-corrected chi connectivity index (χ1v) is 8.03. The number of thiazole rings is 1. The van der Waals surface area contributed by atoms with E-state index in [4.69, 9.17) is 11.5 Å². The van der Waals surface area contributed by atoms with Gasteiger partial charge in [-0.05, 0) is 32.1 Å². The van der Waals surface area contributed by atoms with Crippen LogP contribution in [-0.4, -0.2) is 41.0 Å². The number of piperidine rings is 1. The summed E-state index contributed by atoms with van der Waals surface area (Å²) >= 11 is 1.37. The molecule has 110 valence electrons. The van der Waals surface area contributed by atoms with E-state index in [1.54, 1.807) is 0 Å². The number of nitrogens with two attached hydrogens (primary N) is 2. The molecule has 1 aromatic heterocycles. The molecule has 1 saturated heterocycles. The number of aromatic nitrogens is 1. The zero-order chi connectivity index (χ0) is 14.1. The van der Waals surface area contributed by atoms with E-state index in [2.05, 4.69) is 10.3 Å². The molecule has 1 saturated carbocycles. The lowest BCUT2D eigenvalue weighted by Gasteiger charge is -2.29. The predicted octanol–water partition coefficient (Wildman–Crippen LogP) is 1.25. The van der Waals surface area contributed by atoms with Crippen molar-refractivity contribution < 1.29 is 4.79 Å². The number of carbonyl (C=O) groups is 1. The van der Waals surface area contributed by atoms with Crippen molar-refractivity contribution in [2.45, 2.75) is 44.2 Å². The topological polar surface area (TPSA) is 97.3 Å². The lowest BCUT2D eigenvalue weighted by molar-refractivity contribution is 0.0720. The van der Waals surface area contributed by atoms with Crippen molar-refractivity contribution in [1.82, 2.24) is 9.88 Å². The molecule has 2 heterocycles. The van der Waals surface area contributed by atoms with Crippen molar-refractivity contribution >= 4 is 28.2 Å². The fourth-order valence-corrected chi connectivity index (χ4v) is 3.45. The normalized spacial score (nSPS) is 20.8. The summed E-state index contributed by atoms with van der Waals surface area (Å²) in [4.78, 5) is 19.1. The molecule has 20 heavy (non-hydrogen) atoms. The van der Waals surface area contributed by atoms with Crippen LogP contribution in [-0.2, 0) is 0 Å². The van der Waals surface area contributed by atoms with Crippen LogP contribution in [0.15, 0.2) is 0 Å². The lowest BCUT2D eigenvalue weighted by atomic mass is 9.93. The summed E-state index contributed by atoms with van der Waals surface area (Å²) in [6.07, 6.45) is 5.33. The number of anilines is 2. The lowest BCUT2D eigenvalue weighted by Crippen LogP contribution is -2.42. The molecule has 7 heteroatoms. The number of nitrogens with one attached hydrogen (secondary N) is 1. The van der Waals surface area contributed by atoms with E-state index in [1.165, 1.54) is 30.6 Å². The Kier molecular flexibility index (Phi) is 3.80. The summed E-state index contributed by atoms with van der Waals surface area (Å²) in [5.41, 5.74) is 11.8. The third kappa shape index (κ3) is 2.73. The molecule has 1 amide bonds. The molecule has 3 rings (SSSR count). The number of nitrogens with zero attached hydrogens (tertiary/aromatic N) is 2. The highest BCUT2D eigenvalue weighted by atomic mass is 32.1.